The molecular weight excluding hydrogens is 300 g/mol. The Morgan fingerprint density at radius 1 is 1.56 bits per heavy atom. The summed E-state index contributed by atoms with van der Waals surface area (Å²) < 4.78 is 0.846. The van der Waals surface area contributed by atoms with Crippen LogP contribution in [0.5, 0.6) is 0 Å². The minimum absolute atomic E-state index is 0.0561. The highest BCUT2D eigenvalue weighted by Gasteiger charge is 2.29. The van der Waals surface area contributed by atoms with Crippen LogP contribution in [0.4, 0.5) is 5.82 Å². The summed E-state index contributed by atoms with van der Waals surface area (Å²) in [6, 6.07) is 0. The van der Waals surface area contributed by atoms with Gasteiger partial charge in [0.15, 0.2) is 0 Å². The SMILES string of the molecule is NC(=O)[C@H](O)C1CCN(c2ncncc2Br)CC1. The monoisotopic (exact) mass is 314 g/mol. The van der Waals surface area contributed by atoms with Gasteiger partial charge in [0.2, 0.25) is 5.91 Å². The lowest BCUT2D eigenvalue weighted by atomic mass is 9.91. The molecule has 1 saturated heterocycles. The van der Waals surface area contributed by atoms with E-state index in [4.69, 9.17) is 5.73 Å². The summed E-state index contributed by atoms with van der Waals surface area (Å²) in [5.74, 6) is 0.146. The van der Waals surface area contributed by atoms with Gasteiger partial charge in [-0.05, 0) is 34.7 Å². The second kappa shape index (κ2) is 5.62. The van der Waals surface area contributed by atoms with Gasteiger partial charge in [0, 0.05) is 19.3 Å². The van der Waals surface area contributed by atoms with Gasteiger partial charge in [-0.3, -0.25) is 4.79 Å². The lowest BCUT2D eigenvalue weighted by Crippen LogP contribution is -2.43. The van der Waals surface area contributed by atoms with Crippen LogP contribution in [0.2, 0.25) is 0 Å². The number of aliphatic hydroxyl groups is 1. The van der Waals surface area contributed by atoms with Crippen LogP contribution in [0.3, 0.4) is 0 Å². The van der Waals surface area contributed by atoms with Crippen molar-refractivity contribution in [3.8, 4) is 0 Å². The first kappa shape index (κ1) is 13.2. The Morgan fingerprint density at radius 2 is 2.22 bits per heavy atom. The van der Waals surface area contributed by atoms with Crippen LogP contribution in [0.15, 0.2) is 17.0 Å². The number of nitrogens with zero attached hydrogens (tertiary/aromatic N) is 3. The van der Waals surface area contributed by atoms with E-state index in [0.717, 1.165) is 36.2 Å². The summed E-state index contributed by atoms with van der Waals surface area (Å²) in [6.45, 7) is 1.48. The fourth-order valence-corrected chi connectivity index (χ4v) is 2.67. The predicted molar refractivity (Wildman–Crippen MR) is 69.9 cm³/mol. The molecule has 0 unspecified atom stereocenters. The zero-order valence-electron chi connectivity index (χ0n) is 9.79. The van der Waals surface area contributed by atoms with Crippen molar-refractivity contribution in [1.82, 2.24) is 9.97 Å². The Hall–Kier alpha value is -1.21. The van der Waals surface area contributed by atoms with Crippen LogP contribution in [-0.4, -0.2) is 40.2 Å². The smallest absolute Gasteiger partial charge is 0.246 e. The van der Waals surface area contributed by atoms with Crippen molar-refractivity contribution in [3.63, 3.8) is 0 Å². The molecule has 1 atom stereocenters. The third-order valence-corrected chi connectivity index (χ3v) is 3.78. The van der Waals surface area contributed by atoms with E-state index in [9.17, 15) is 9.90 Å². The van der Waals surface area contributed by atoms with E-state index in [1.807, 2.05) is 0 Å². The number of carbonyl (C=O) groups excluding carboxylic acids is 1. The van der Waals surface area contributed by atoms with E-state index in [1.54, 1.807) is 6.20 Å². The van der Waals surface area contributed by atoms with Crippen molar-refractivity contribution in [1.29, 1.82) is 0 Å². The highest BCUT2D eigenvalue weighted by molar-refractivity contribution is 9.10. The Morgan fingerprint density at radius 3 is 2.78 bits per heavy atom. The number of halogens is 1. The summed E-state index contributed by atoms with van der Waals surface area (Å²) in [5.41, 5.74) is 5.11. The lowest BCUT2D eigenvalue weighted by molar-refractivity contribution is -0.129. The summed E-state index contributed by atoms with van der Waals surface area (Å²) in [6.07, 6.45) is 3.61. The second-order valence-corrected chi connectivity index (χ2v) is 5.22. The van der Waals surface area contributed by atoms with Gasteiger partial charge in [0.25, 0.3) is 0 Å². The molecule has 0 radical (unpaired) electrons. The van der Waals surface area contributed by atoms with Gasteiger partial charge in [0.1, 0.15) is 18.2 Å². The molecule has 3 N–H and O–H groups in total. The molecule has 1 aliphatic rings. The van der Waals surface area contributed by atoms with Gasteiger partial charge < -0.3 is 15.7 Å². The van der Waals surface area contributed by atoms with Crippen molar-refractivity contribution < 1.29 is 9.90 Å². The fourth-order valence-electron chi connectivity index (χ4n) is 2.20. The molecule has 2 heterocycles. The quantitative estimate of drug-likeness (QED) is 0.837. The predicted octanol–water partition coefficient (Wildman–Crippen LogP) is 0.302. The number of carbonyl (C=O) groups is 1. The maximum atomic E-state index is 10.9. The van der Waals surface area contributed by atoms with Crippen molar-refractivity contribution in [3.05, 3.63) is 17.0 Å². The molecule has 0 aliphatic carbocycles. The van der Waals surface area contributed by atoms with Gasteiger partial charge in [-0.25, -0.2) is 9.97 Å². The number of hydrogen-bond donors (Lipinski definition) is 2. The second-order valence-electron chi connectivity index (χ2n) is 4.37. The molecule has 1 fully saturated rings. The number of nitrogens with two attached hydrogens (primary N) is 1. The Labute approximate surface area is 113 Å². The zero-order chi connectivity index (χ0) is 13.1. The normalized spacial score (nSPS) is 18.7. The van der Waals surface area contributed by atoms with E-state index in [1.165, 1.54) is 6.33 Å². The molecule has 0 saturated carbocycles. The number of amides is 1. The van der Waals surface area contributed by atoms with E-state index in [2.05, 4.69) is 30.8 Å². The third kappa shape index (κ3) is 2.78. The first-order valence-corrected chi connectivity index (χ1v) is 6.56. The molecule has 0 aromatic carbocycles. The van der Waals surface area contributed by atoms with Gasteiger partial charge in [0.05, 0.1) is 4.47 Å². The van der Waals surface area contributed by atoms with Crippen molar-refractivity contribution in [2.75, 3.05) is 18.0 Å². The number of anilines is 1. The van der Waals surface area contributed by atoms with Gasteiger partial charge >= 0.3 is 0 Å². The average molecular weight is 315 g/mol. The standard InChI is InChI=1S/C11H15BrN4O2/c12-8-5-14-6-15-11(8)16-3-1-7(2-4-16)9(17)10(13)18/h5-7,9,17H,1-4H2,(H2,13,18)/t9-/m1/s1. The van der Waals surface area contributed by atoms with Crippen LogP contribution in [0.25, 0.3) is 0 Å². The zero-order valence-corrected chi connectivity index (χ0v) is 11.4. The molecule has 18 heavy (non-hydrogen) atoms. The van der Waals surface area contributed by atoms with Gasteiger partial charge in [-0.1, -0.05) is 0 Å². The van der Waals surface area contributed by atoms with Crippen LogP contribution in [0, 0.1) is 5.92 Å². The molecule has 0 spiro atoms. The highest BCUT2D eigenvalue weighted by atomic mass is 79.9. The Kier molecular flexibility index (Phi) is 4.13. The minimum atomic E-state index is -1.04. The van der Waals surface area contributed by atoms with Crippen LogP contribution >= 0.6 is 15.9 Å². The van der Waals surface area contributed by atoms with Crippen molar-refractivity contribution in [2.45, 2.75) is 18.9 Å². The molecular formula is C11H15BrN4O2. The van der Waals surface area contributed by atoms with Crippen LogP contribution < -0.4 is 10.6 Å². The maximum absolute atomic E-state index is 10.9. The van der Waals surface area contributed by atoms with Gasteiger partial charge in [-0.15, -0.1) is 0 Å². The topological polar surface area (TPSA) is 92.3 Å². The van der Waals surface area contributed by atoms with Crippen LogP contribution in [-0.2, 0) is 4.79 Å². The molecule has 98 valence electrons. The largest absolute Gasteiger partial charge is 0.383 e. The molecule has 6 nitrogen and oxygen atoms in total. The van der Waals surface area contributed by atoms with E-state index in [0.29, 0.717) is 0 Å². The van der Waals surface area contributed by atoms with Gasteiger partial charge in [-0.2, -0.15) is 0 Å². The molecule has 7 heteroatoms. The number of aliphatic hydroxyl groups excluding tert-OH is 1. The van der Waals surface area contributed by atoms with E-state index < -0.39 is 12.0 Å². The van der Waals surface area contributed by atoms with Crippen molar-refractivity contribution in [2.24, 2.45) is 11.7 Å². The third-order valence-electron chi connectivity index (χ3n) is 3.23. The average Bonchev–Trinajstić information content (AvgIpc) is 2.38. The molecule has 1 amide bonds. The maximum Gasteiger partial charge on any atom is 0.246 e. The molecule has 1 aromatic heterocycles. The summed E-state index contributed by atoms with van der Waals surface area (Å²) >= 11 is 3.41. The Bertz CT molecular complexity index is 435. The number of rotatable bonds is 3. The van der Waals surface area contributed by atoms with E-state index >= 15 is 0 Å². The number of primary amides is 1. The highest BCUT2D eigenvalue weighted by Crippen LogP contribution is 2.28. The minimum Gasteiger partial charge on any atom is -0.383 e. The molecule has 0 bridgehead atoms. The lowest BCUT2D eigenvalue weighted by Gasteiger charge is -2.34. The Balaban J connectivity index is 1.99. The molecule has 2 rings (SSSR count). The first-order valence-electron chi connectivity index (χ1n) is 5.77. The molecule has 1 aliphatic heterocycles. The number of hydrogen-bond acceptors (Lipinski definition) is 5. The molecule has 1 aromatic rings. The summed E-state index contributed by atoms with van der Waals surface area (Å²) in [7, 11) is 0. The van der Waals surface area contributed by atoms with Crippen LogP contribution in [0.1, 0.15) is 12.8 Å². The number of piperidine rings is 1. The summed E-state index contributed by atoms with van der Waals surface area (Å²) in [5, 5.41) is 9.63. The summed E-state index contributed by atoms with van der Waals surface area (Å²) in [4.78, 5) is 21.2. The van der Waals surface area contributed by atoms with E-state index in [-0.39, 0.29) is 5.92 Å². The number of aromatic nitrogens is 2. The first-order chi connectivity index (χ1) is 8.59. The van der Waals surface area contributed by atoms with Crippen molar-refractivity contribution >= 4 is 27.7 Å². The fraction of sp³-hybridized carbons (Fsp3) is 0.545.